The molecular weight excluding hydrogens is 308 g/mol. The van der Waals surface area contributed by atoms with Crippen molar-refractivity contribution in [2.45, 2.75) is 128 Å². The van der Waals surface area contributed by atoms with Crippen LogP contribution in [0.1, 0.15) is 117 Å². The molecule has 148 valence electrons. The molecule has 0 heterocycles. The molecule has 2 nitrogen and oxygen atoms in total. The molecule has 2 heteroatoms. The fraction of sp³-hybridized carbons (Fsp3) is 1.00. The van der Waals surface area contributed by atoms with Gasteiger partial charge in [0.15, 0.2) is 0 Å². The molecule has 0 aromatic heterocycles. The monoisotopic (exact) mass is 352 g/mol. The van der Waals surface area contributed by atoms with E-state index in [1.54, 1.807) is 0 Å². The molecule has 1 N–H and O–H groups in total. The lowest BCUT2D eigenvalue weighted by molar-refractivity contribution is -0.0895. The molecule has 0 aliphatic heterocycles. The summed E-state index contributed by atoms with van der Waals surface area (Å²) >= 11 is 0. The Morgan fingerprint density at radius 2 is 1.40 bits per heavy atom. The average molecular weight is 353 g/mol. The zero-order valence-corrected chi connectivity index (χ0v) is 17.3. The normalized spacial score (nSPS) is 23.9. The second-order valence-electron chi connectivity index (χ2n) is 9.77. The van der Waals surface area contributed by atoms with Gasteiger partial charge >= 0.3 is 0 Å². The van der Waals surface area contributed by atoms with Gasteiger partial charge in [0.2, 0.25) is 0 Å². The quantitative estimate of drug-likeness (QED) is 0.451. The van der Waals surface area contributed by atoms with Crippen molar-refractivity contribution in [2.24, 2.45) is 11.8 Å². The van der Waals surface area contributed by atoms with Crippen molar-refractivity contribution in [3.63, 3.8) is 0 Å². The third-order valence-corrected chi connectivity index (χ3v) is 6.73. The maximum atomic E-state index is 10.5. The predicted molar refractivity (Wildman–Crippen MR) is 107 cm³/mol. The molecule has 0 aromatic carbocycles. The molecule has 2 aliphatic rings. The van der Waals surface area contributed by atoms with Crippen molar-refractivity contribution >= 4 is 0 Å². The zero-order valence-electron chi connectivity index (χ0n) is 17.3. The van der Waals surface area contributed by atoms with Gasteiger partial charge in [-0.25, -0.2) is 0 Å². The van der Waals surface area contributed by atoms with Gasteiger partial charge in [-0.15, -0.1) is 0 Å². The Morgan fingerprint density at radius 1 is 0.800 bits per heavy atom. The molecule has 2 fully saturated rings. The van der Waals surface area contributed by atoms with Crippen LogP contribution in [0.5, 0.6) is 0 Å². The van der Waals surface area contributed by atoms with E-state index in [1.807, 2.05) is 0 Å². The summed E-state index contributed by atoms with van der Waals surface area (Å²) in [5, 5.41) is 10.5. The minimum atomic E-state index is -0.331. The Bertz CT molecular complexity index is 351. The summed E-state index contributed by atoms with van der Waals surface area (Å²) in [5.74, 6) is 1.43. The van der Waals surface area contributed by atoms with Gasteiger partial charge in [0, 0.05) is 6.61 Å². The maximum Gasteiger partial charge on any atom is 0.0682 e. The van der Waals surface area contributed by atoms with Crippen molar-refractivity contribution in [1.82, 2.24) is 0 Å². The van der Waals surface area contributed by atoms with Crippen LogP contribution >= 0.6 is 0 Å². The van der Waals surface area contributed by atoms with Crippen molar-refractivity contribution in [3.8, 4) is 0 Å². The second-order valence-corrected chi connectivity index (χ2v) is 9.77. The lowest BCUT2D eigenvalue weighted by atomic mass is 9.80. The Balaban J connectivity index is 1.69. The number of rotatable bonds is 11. The number of hydrogen-bond acceptors (Lipinski definition) is 2. The van der Waals surface area contributed by atoms with Crippen LogP contribution < -0.4 is 0 Å². The van der Waals surface area contributed by atoms with E-state index in [1.165, 1.54) is 70.6 Å². The van der Waals surface area contributed by atoms with E-state index >= 15 is 0 Å². The minimum Gasteiger partial charge on any atom is -0.390 e. The summed E-state index contributed by atoms with van der Waals surface area (Å²) in [6.07, 6.45) is 18.4. The van der Waals surface area contributed by atoms with Crippen LogP contribution in [-0.4, -0.2) is 22.9 Å². The summed E-state index contributed by atoms with van der Waals surface area (Å²) in [4.78, 5) is 0. The molecule has 25 heavy (non-hydrogen) atoms. The molecule has 0 amide bonds. The third-order valence-electron chi connectivity index (χ3n) is 6.73. The van der Waals surface area contributed by atoms with E-state index in [2.05, 4.69) is 20.8 Å². The zero-order chi connectivity index (χ0) is 18.2. The Labute approximate surface area is 157 Å². The smallest absolute Gasteiger partial charge is 0.0682 e. The van der Waals surface area contributed by atoms with Crippen molar-refractivity contribution in [3.05, 3.63) is 0 Å². The van der Waals surface area contributed by atoms with Crippen LogP contribution in [0.2, 0.25) is 0 Å². The van der Waals surface area contributed by atoms with Crippen LogP contribution in [0.15, 0.2) is 0 Å². The van der Waals surface area contributed by atoms with E-state index in [9.17, 15) is 5.11 Å². The second kappa shape index (κ2) is 10.3. The van der Waals surface area contributed by atoms with Crippen LogP contribution in [0, 0.1) is 11.8 Å². The highest BCUT2D eigenvalue weighted by atomic mass is 16.5. The van der Waals surface area contributed by atoms with Crippen LogP contribution in [0.4, 0.5) is 0 Å². The molecule has 0 aromatic rings. The summed E-state index contributed by atoms with van der Waals surface area (Å²) in [6, 6.07) is 0. The summed E-state index contributed by atoms with van der Waals surface area (Å²) in [5.41, 5.74) is -0.146. The number of ether oxygens (including phenoxy) is 1. The fourth-order valence-electron chi connectivity index (χ4n) is 4.96. The predicted octanol–water partition coefficient (Wildman–Crippen LogP) is 6.64. The fourth-order valence-corrected chi connectivity index (χ4v) is 4.96. The molecule has 2 saturated carbocycles. The first-order valence-electron chi connectivity index (χ1n) is 11.3. The molecule has 1 unspecified atom stereocenters. The first-order chi connectivity index (χ1) is 11.9. The Morgan fingerprint density at radius 3 is 2.04 bits per heavy atom. The summed E-state index contributed by atoms with van der Waals surface area (Å²) in [6.45, 7) is 7.91. The van der Waals surface area contributed by atoms with Crippen molar-refractivity contribution in [2.75, 3.05) is 6.61 Å². The minimum absolute atomic E-state index is 0.186. The van der Waals surface area contributed by atoms with Gasteiger partial charge in [0.05, 0.1) is 11.2 Å². The van der Waals surface area contributed by atoms with E-state index in [-0.39, 0.29) is 11.2 Å². The number of aliphatic hydroxyl groups is 1. The maximum absolute atomic E-state index is 10.5. The van der Waals surface area contributed by atoms with Crippen molar-refractivity contribution < 1.29 is 9.84 Å². The topological polar surface area (TPSA) is 29.5 Å². The van der Waals surface area contributed by atoms with Crippen LogP contribution in [-0.2, 0) is 4.74 Å². The molecule has 0 radical (unpaired) electrons. The number of hydrogen-bond donors (Lipinski definition) is 1. The molecule has 1 atom stereocenters. The SMILES string of the molecule is CC(C)CCCC1(OCC(C)CCCC2(O)CCCC2)CCCCC1. The van der Waals surface area contributed by atoms with E-state index in [0.29, 0.717) is 5.92 Å². The first-order valence-corrected chi connectivity index (χ1v) is 11.3. The van der Waals surface area contributed by atoms with Gasteiger partial charge in [-0.2, -0.15) is 0 Å². The van der Waals surface area contributed by atoms with Crippen LogP contribution in [0.3, 0.4) is 0 Å². The lowest BCUT2D eigenvalue weighted by Gasteiger charge is -2.38. The Hall–Kier alpha value is -0.0800. The van der Waals surface area contributed by atoms with Crippen LogP contribution in [0.25, 0.3) is 0 Å². The molecule has 2 rings (SSSR count). The molecular formula is C23H44O2. The van der Waals surface area contributed by atoms with E-state index < -0.39 is 0 Å². The summed E-state index contributed by atoms with van der Waals surface area (Å²) < 4.78 is 6.60. The summed E-state index contributed by atoms with van der Waals surface area (Å²) in [7, 11) is 0. The van der Waals surface area contributed by atoms with Gasteiger partial charge in [-0.3, -0.25) is 0 Å². The van der Waals surface area contributed by atoms with Gasteiger partial charge in [-0.05, 0) is 56.8 Å². The lowest BCUT2D eigenvalue weighted by Crippen LogP contribution is -2.36. The molecule has 0 bridgehead atoms. The first kappa shape index (κ1) is 21.2. The standard InChI is InChI=1S/C23H44O2/c1-20(2)11-9-18-23(16-5-4-6-17-23)25-19-21(3)12-10-15-22(24)13-7-8-14-22/h20-21,24H,4-19H2,1-3H3. The van der Waals surface area contributed by atoms with Gasteiger partial charge in [0.25, 0.3) is 0 Å². The van der Waals surface area contributed by atoms with Gasteiger partial charge < -0.3 is 9.84 Å². The highest BCUT2D eigenvalue weighted by Crippen LogP contribution is 2.37. The Kier molecular flexibility index (Phi) is 8.75. The van der Waals surface area contributed by atoms with E-state index in [4.69, 9.17) is 4.74 Å². The van der Waals surface area contributed by atoms with E-state index in [0.717, 1.165) is 38.2 Å². The largest absolute Gasteiger partial charge is 0.390 e. The third kappa shape index (κ3) is 7.59. The highest BCUT2D eigenvalue weighted by Gasteiger charge is 2.33. The van der Waals surface area contributed by atoms with Gasteiger partial charge in [0.1, 0.15) is 0 Å². The van der Waals surface area contributed by atoms with Gasteiger partial charge in [-0.1, -0.05) is 72.1 Å². The highest BCUT2D eigenvalue weighted by molar-refractivity contribution is 4.86. The molecule has 0 spiro atoms. The molecule has 2 aliphatic carbocycles. The molecule has 0 saturated heterocycles. The van der Waals surface area contributed by atoms with Crippen molar-refractivity contribution in [1.29, 1.82) is 0 Å². The average Bonchev–Trinajstić information content (AvgIpc) is 3.00.